The normalized spacial score (nSPS) is 14.3. The summed E-state index contributed by atoms with van der Waals surface area (Å²) in [5.41, 5.74) is 6.67. The van der Waals surface area contributed by atoms with Crippen LogP contribution in [0.15, 0.2) is 132 Å². The Hall–Kier alpha value is -5.50. The summed E-state index contributed by atoms with van der Waals surface area (Å²) in [6.45, 7) is 0.585. The smallest absolute Gasteiger partial charge is 0.149 e. The van der Waals surface area contributed by atoms with Gasteiger partial charge < -0.3 is 9.80 Å². The van der Waals surface area contributed by atoms with Crippen LogP contribution >= 0.6 is 0 Å². The summed E-state index contributed by atoms with van der Waals surface area (Å²) in [5, 5.41) is 12.5. The molecule has 42 heavy (non-hydrogen) atoms. The fourth-order valence-corrected chi connectivity index (χ4v) is 5.14. The van der Waals surface area contributed by atoms with E-state index in [4.69, 9.17) is 0 Å². The lowest BCUT2D eigenvalue weighted by atomic mass is 10.1. The Bertz CT molecular complexity index is 1630. The van der Waals surface area contributed by atoms with E-state index in [1.165, 1.54) is 6.07 Å². The van der Waals surface area contributed by atoms with Gasteiger partial charge in [0.05, 0.1) is 22.7 Å². The lowest BCUT2D eigenvalue weighted by Crippen LogP contribution is -2.29. The third-order valence-electron chi connectivity index (χ3n) is 7.41. The molecule has 0 radical (unpaired) electrons. The molecule has 206 valence electrons. The van der Waals surface area contributed by atoms with Gasteiger partial charge >= 0.3 is 0 Å². The quantitative estimate of drug-likeness (QED) is 0.214. The van der Waals surface area contributed by atoms with Gasteiger partial charge in [0.25, 0.3) is 0 Å². The van der Waals surface area contributed by atoms with Crippen LogP contribution in [0.4, 0.5) is 31.5 Å². The Labute approximate surface area is 242 Å². The summed E-state index contributed by atoms with van der Waals surface area (Å²) in [6.07, 6.45) is 3.12. The molecule has 6 nitrogen and oxygen atoms in total. The summed E-state index contributed by atoms with van der Waals surface area (Å²) in [5.74, 6) is -1.32. The molecule has 0 atom stereocenters. The zero-order valence-electron chi connectivity index (χ0n) is 22.6. The first kappa shape index (κ1) is 25.5. The largest absolute Gasteiger partial charge is 0.308 e. The van der Waals surface area contributed by atoms with E-state index in [1.807, 2.05) is 84.9 Å². The van der Waals surface area contributed by atoms with Crippen molar-refractivity contribution in [2.24, 2.45) is 10.2 Å². The molecule has 0 saturated heterocycles. The third-order valence-corrected chi connectivity index (χ3v) is 7.41. The van der Waals surface area contributed by atoms with E-state index >= 15 is 8.78 Å². The van der Waals surface area contributed by atoms with Crippen molar-refractivity contribution >= 4 is 35.4 Å². The first-order valence-corrected chi connectivity index (χ1v) is 13.6. The van der Waals surface area contributed by atoms with Gasteiger partial charge in [-0.2, -0.15) is 10.2 Å². The number of halogens is 2. The standard InChI is InChI=1S/C34H26F2N6/c35-31-19-32(36)34(40-22-38-42(24-40)30-17-13-28(14-18-30)26-9-5-2-6-10-26)20-33(31)39-21-37-41(23-39)29-15-11-27(12-16-29)25-7-3-1-4-8-25/h1-22H,23-24H2. The number of anilines is 4. The molecule has 0 N–H and O–H groups in total. The van der Waals surface area contributed by atoms with Crippen molar-refractivity contribution in [3.8, 4) is 22.3 Å². The Morgan fingerprint density at radius 2 is 0.833 bits per heavy atom. The van der Waals surface area contributed by atoms with Crippen LogP contribution in [0.5, 0.6) is 0 Å². The number of benzene rings is 5. The summed E-state index contributed by atoms with van der Waals surface area (Å²) in [4.78, 5) is 3.33. The fourth-order valence-electron chi connectivity index (χ4n) is 5.14. The number of rotatable bonds is 6. The number of hydrazone groups is 2. The van der Waals surface area contributed by atoms with Crippen molar-refractivity contribution in [2.75, 3.05) is 33.2 Å². The van der Waals surface area contributed by atoms with Gasteiger partial charge in [-0.15, -0.1) is 0 Å². The zero-order chi connectivity index (χ0) is 28.5. The van der Waals surface area contributed by atoms with Gasteiger partial charge in [-0.05, 0) is 52.6 Å². The predicted octanol–water partition coefficient (Wildman–Crippen LogP) is 7.75. The van der Waals surface area contributed by atoms with E-state index in [1.54, 1.807) is 32.5 Å². The van der Waals surface area contributed by atoms with E-state index in [0.717, 1.165) is 39.7 Å². The number of nitrogens with zero attached hydrogens (tertiary/aromatic N) is 6. The Morgan fingerprint density at radius 3 is 1.24 bits per heavy atom. The van der Waals surface area contributed by atoms with Crippen LogP contribution in [0.1, 0.15) is 0 Å². The first-order chi connectivity index (χ1) is 20.6. The molecule has 0 spiro atoms. The van der Waals surface area contributed by atoms with E-state index in [-0.39, 0.29) is 11.4 Å². The van der Waals surface area contributed by atoms with E-state index in [9.17, 15) is 0 Å². The lowest BCUT2D eigenvalue weighted by Gasteiger charge is -2.23. The molecular formula is C34H26F2N6. The van der Waals surface area contributed by atoms with Crippen molar-refractivity contribution < 1.29 is 8.78 Å². The lowest BCUT2D eigenvalue weighted by molar-refractivity contribution is 0.583. The summed E-state index contributed by atoms with van der Waals surface area (Å²) >= 11 is 0. The van der Waals surface area contributed by atoms with E-state index in [2.05, 4.69) is 34.5 Å². The minimum absolute atomic E-state index is 0.234. The highest BCUT2D eigenvalue weighted by Gasteiger charge is 2.25. The van der Waals surface area contributed by atoms with Crippen molar-refractivity contribution in [1.29, 1.82) is 0 Å². The first-order valence-electron chi connectivity index (χ1n) is 13.6. The number of hydrogen-bond acceptors (Lipinski definition) is 6. The average Bonchev–Trinajstić information content (AvgIpc) is 3.73. The highest BCUT2D eigenvalue weighted by molar-refractivity contribution is 5.88. The SMILES string of the molecule is Fc1cc(F)c(N2C=NN(c3ccc(-c4ccccc4)cc3)C2)cc1N1C=NN(c2ccc(-c3ccccc3)cc2)C1. The van der Waals surface area contributed by atoms with Crippen LogP contribution in [0.3, 0.4) is 0 Å². The monoisotopic (exact) mass is 556 g/mol. The maximum atomic E-state index is 15.0. The highest BCUT2D eigenvalue weighted by Crippen LogP contribution is 2.33. The molecule has 5 aromatic carbocycles. The highest BCUT2D eigenvalue weighted by atomic mass is 19.1. The molecule has 7 rings (SSSR count). The maximum absolute atomic E-state index is 15.0. The van der Waals surface area contributed by atoms with Crippen LogP contribution in [0, 0.1) is 11.6 Å². The Morgan fingerprint density at radius 1 is 0.452 bits per heavy atom. The average molecular weight is 557 g/mol. The van der Waals surface area contributed by atoms with Gasteiger partial charge in [-0.3, -0.25) is 0 Å². The minimum atomic E-state index is -0.659. The predicted molar refractivity (Wildman–Crippen MR) is 167 cm³/mol. The summed E-state index contributed by atoms with van der Waals surface area (Å²) in [6, 6.07) is 38.7. The van der Waals surface area contributed by atoms with Crippen molar-refractivity contribution in [3.63, 3.8) is 0 Å². The molecule has 8 heteroatoms. The van der Waals surface area contributed by atoms with Gasteiger partial charge in [0.2, 0.25) is 0 Å². The van der Waals surface area contributed by atoms with Crippen molar-refractivity contribution in [1.82, 2.24) is 0 Å². The topological polar surface area (TPSA) is 37.7 Å². The summed E-state index contributed by atoms with van der Waals surface area (Å²) < 4.78 is 30.1. The molecule has 5 aromatic rings. The Balaban J connectivity index is 1.05. The third kappa shape index (κ3) is 4.94. The number of hydrogen-bond donors (Lipinski definition) is 0. The van der Waals surface area contributed by atoms with Gasteiger partial charge in [0.15, 0.2) is 0 Å². The molecular weight excluding hydrogens is 530 g/mol. The van der Waals surface area contributed by atoms with E-state index < -0.39 is 11.6 Å². The van der Waals surface area contributed by atoms with Crippen molar-refractivity contribution in [2.45, 2.75) is 0 Å². The van der Waals surface area contributed by atoms with E-state index in [0.29, 0.717) is 13.3 Å². The van der Waals surface area contributed by atoms with Crippen LogP contribution < -0.4 is 19.8 Å². The second-order valence-corrected chi connectivity index (χ2v) is 10.1. The van der Waals surface area contributed by atoms with Gasteiger partial charge in [0, 0.05) is 6.07 Å². The van der Waals surface area contributed by atoms with Crippen LogP contribution in [-0.4, -0.2) is 26.0 Å². The molecule has 0 aliphatic carbocycles. The molecule has 0 saturated carbocycles. The van der Waals surface area contributed by atoms with Crippen molar-refractivity contribution in [3.05, 3.63) is 133 Å². The zero-order valence-corrected chi connectivity index (χ0v) is 22.6. The Kier molecular flexibility index (Phi) is 6.56. The second-order valence-electron chi connectivity index (χ2n) is 10.1. The molecule has 2 aliphatic rings. The van der Waals surface area contributed by atoms with Crippen LogP contribution in [0.25, 0.3) is 22.3 Å². The fraction of sp³-hybridized carbons (Fsp3) is 0.0588. The molecule has 2 heterocycles. The molecule has 0 bridgehead atoms. The van der Waals surface area contributed by atoms with Gasteiger partial charge in [-0.25, -0.2) is 18.8 Å². The molecule has 0 fully saturated rings. The summed E-state index contributed by atoms with van der Waals surface area (Å²) in [7, 11) is 0. The van der Waals surface area contributed by atoms with Gasteiger partial charge in [-0.1, -0.05) is 84.9 Å². The maximum Gasteiger partial charge on any atom is 0.149 e. The van der Waals surface area contributed by atoms with Crippen LogP contribution in [-0.2, 0) is 0 Å². The molecule has 0 aromatic heterocycles. The minimum Gasteiger partial charge on any atom is -0.308 e. The molecule has 2 aliphatic heterocycles. The second kappa shape index (κ2) is 10.8. The van der Waals surface area contributed by atoms with Crippen LogP contribution in [0.2, 0.25) is 0 Å². The molecule has 0 unspecified atom stereocenters. The van der Waals surface area contributed by atoms with Gasteiger partial charge in [0.1, 0.15) is 37.6 Å². The molecule has 0 amide bonds.